The van der Waals surface area contributed by atoms with Crippen LogP contribution in [0.5, 0.6) is 17.2 Å². The smallest absolute Gasteiger partial charge is 0.191 e. The highest BCUT2D eigenvalue weighted by Crippen LogP contribution is 2.27. The van der Waals surface area contributed by atoms with E-state index in [2.05, 4.69) is 39.9 Å². The Morgan fingerprint density at radius 3 is 1.97 bits per heavy atom. The van der Waals surface area contributed by atoms with Gasteiger partial charge in [-0.25, -0.2) is 0 Å². The second-order valence-corrected chi connectivity index (χ2v) is 6.52. The monoisotopic (exact) mass is 521 g/mol. The molecule has 7 heteroatoms. The number of methoxy groups -OCH3 is 3. The minimum Gasteiger partial charge on any atom is -0.497 e. The van der Waals surface area contributed by atoms with Crippen LogP contribution >= 0.6 is 24.0 Å². The van der Waals surface area contributed by atoms with Crippen molar-refractivity contribution in [3.05, 3.63) is 65.7 Å². The number of hydrogen-bond acceptors (Lipinski definition) is 4. The third-order valence-corrected chi connectivity index (χ3v) is 4.70. The first-order chi connectivity index (χ1) is 14.2. The summed E-state index contributed by atoms with van der Waals surface area (Å²) in [5, 5.41) is 9.01. The van der Waals surface area contributed by atoms with Crippen molar-refractivity contribution in [1.29, 1.82) is 0 Å². The molecule has 0 bridgehead atoms. The molecule has 0 aromatic heterocycles. The molecule has 160 valence electrons. The Labute approximate surface area is 194 Å². The van der Waals surface area contributed by atoms with E-state index in [0.717, 1.165) is 22.7 Å². The van der Waals surface area contributed by atoms with Crippen molar-refractivity contribution in [1.82, 2.24) is 10.6 Å². The van der Waals surface area contributed by atoms with Crippen LogP contribution in [-0.4, -0.2) is 34.3 Å². The molecule has 3 aromatic carbocycles. The lowest BCUT2D eigenvalue weighted by molar-refractivity contribution is 0.354. The predicted molar refractivity (Wildman–Crippen MR) is 132 cm³/mol. The SMILES string of the molecule is CN=C(NCc1ccc(OC)c(OC)c1)NCc1ccc2cc(OC)ccc2c1.I. The number of halogens is 1. The largest absolute Gasteiger partial charge is 0.497 e. The van der Waals surface area contributed by atoms with Gasteiger partial charge in [-0.2, -0.15) is 0 Å². The minimum absolute atomic E-state index is 0. The molecular formula is C23H28IN3O3. The van der Waals surface area contributed by atoms with E-state index in [4.69, 9.17) is 14.2 Å². The molecule has 6 nitrogen and oxygen atoms in total. The number of hydrogen-bond donors (Lipinski definition) is 2. The maximum Gasteiger partial charge on any atom is 0.191 e. The second-order valence-electron chi connectivity index (χ2n) is 6.52. The van der Waals surface area contributed by atoms with Crippen molar-refractivity contribution < 1.29 is 14.2 Å². The predicted octanol–water partition coefficient (Wildman–Crippen LogP) is 4.35. The van der Waals surface area contributed by atoms with Crippen LogP contribution < -0.4 is 24.8 Å². The van der Waals surface area contributed by atoms with E-state index in [0.29, 0.717) is 24.6 Å². The number of fused-ring (bicyclic) bond motifs is 1. The van der Waals surface area contributed by atoms with E-state index >= 15 is 0 Å². The molecule has 0 heterocycles. The van der Waals surface area contributed by atoms with Crippen molar-refractivity contribution in [3.8, 4) is 17.2 Å². The van der Waals surface area contributed by atoms with E-state index in [9.17, 15) is 0 Å². The summed E-state index contributed by atoms with van der Waals surface area (Å²) in [5.74, 6) is 3.02. The number of nitrogens with zero attached hydrogens (tertiary/aromatic N) is 1. The van der Waals surface area contributed by atoms with Gasteiger partial charge in [0.25, 0.3) is 0 Å². The van der Waals surface area contributed by atoms with Crippen LogP contribution in [-0.2, 0) is 13.1 Å². The Balaban J connectivity index is 0.00000320. The maximum atomic E-state index is 5.36. The van der Waals surface area contributed by atoms with Crippen molar-refractivity contribution in [2.45, 2.75) is 13.1 Å². The van der Waals surface area contributed by atoms with Crippen LogP contribution in [0.2, 0.25) is 0 Å². The zero-order valence-corrected chi connectivity index (χ0v) is 20.0. The summed E-state index contributed by atoms with van der Waals surface area (Å²) >= 11 is 0. The third kappa shape index (κ3) is 5.91. The maximum absolute atomic E-state index is 5.36. The van der Waals surface area contributed by atoms with E-state index in [1.165, 1.54) is 10.9 Å². The van der Waals surface area contributed by atoms with Gasteiger partial charge in [0, 0.05) is 20.1 Å². The van der Waals surface area contributed by atoms with E-state index in [1.807, 2.05) is 30.3 Å². The Morgan fingerprint density at radius 2 is 1.33 bits per heavy atom. The lowest BCUT2D eigenvalue weighted by Crippen LogP contribution is -2.36. The molecular weight excluding hydrogens is 493 g/mol. The van der Waals surface area contributed by atoms with Gasteiger partial charge in [-0.05, 0) is 52.2 Å². The summed E-state index contributed by atoms with van der Waals surface area (Å²) in [7, 11) is 6.71. The fraction of sp³-hybridized carbons (Fsp3) is 0.261. The van der Waals surface area contributed by atoms with Crippen LogP contribution in [0.1, 0.15) is 11.1 Å². The second kappa shape index (κ2) is 11.5. The zero-order valence-electron chi connectivity index (χ0n) is 17.7. The Morgan fingerprint density at radius 1 is 0.733 bits per heavy atom. The van der Waals surface area contributed by atoms with Gasteiger partial charge >= 0.3 is 0 Å². The lowest BCUT2D eigenvalue weighted by atomic mass is 10.1. The van der Waals surface area contributed by atoms with E-state index in [1.54, 1.807) is 28.4 Å². The molecule has 2 N–H and O–H groups in total. The first kappa shape index (κ1) is 23.6. The lowest BCUT2D eigenvalue weighted by Gasteiger charge is -2.14. The molecule has 0 spiro atoms. The number of guanidine groups is 1. The van der Waals surface area contributed by atoms with Gasteiger partial charge < -0.3 is 24.8 Å². The summed E-state index contributed by atoms with van der Waals surface area (Å²) in [4.78, 5) is 4.30. The quantitative estimate of drug-likeness (QED) is 0.275. The van der Waals surface area contributed by atoms with Crippen LogP contribution in [0.3, 0.4) is 0 Å². The molecule has 0 saturated carbocycles. The third-order valence-electron chi connectivity index (χ3n) is 4.70. The van der Waals surface area contributed by atoms with Gasteiger partial charge in [-0.1, -0.05) is 24.3 Å². The van der Waals surface area contributed by atoms with Crippen molar-refractivity contribution in [3.63, 3.8) is 0 Å². The molecule has 0 atom stereocenters. The van der Waals surface area contributed by atoms with Crippen LogP contribution in [0.25, 0.3) is 10.8 Å². The highest BCUT2D eigenvalue weighted by Gasteiger charge is 2.06. The molecule has 0 aliphatic rings. The van der Waals surface area contributed by atoms with Gasteiger partial charge in [0.1, 0.15) is 5.75 Å². The average molecular weight is 521 g/mol. The standard InChI is InChI=1S/C23H27N3O3.HI/c1-24-23(26-15-17-6-10-21(28-3)22(12-17)29-4)25-14-16-5-7-19-13-20(27-2)9-8-18(19)11-16;/h5-13H,14-15H2,1-4H3,(H2,24,25,26);1H. The zero-order chi connectivity index (χ0) is 20.6. The highest BCUT2D eigenvalue weighted by atomic mass is 127. The molecule has 0 fully saturated rings. The van der Waals surface area contributed by atoms with Gasteiger partial charge in [0.15, 0.2) is 17.5 Å². The number of aliphatic imine (C=N–C) groups is 1. The fourth-order valence-electron chi connectivity index (χ4n) is 3.09. The molecule has 0 aliphatic carbocycles. The van der Waals surface area contributed by atoms with Gasteiger partial charge in [0.05, 0.1) is 21.3 Å². The molecule has 0 saturated heterocycles. The van der Waals surface area contributed by atoms with E-state index in [-0.39, 0.29) is 24.0 Å². The minimum atomic E-state index is 0. The van der Waals surface area contributed by atoms with Gasteiger partial charge in [-0.3, -0.25) is 4.99 Å². The first-order valence-corrected chi connectivity index (χ1v) is 9.39. The normalized spacial score (nSPS) is 10.9. The van der Waals surface area contributed by atoms with Crippen molar-refractivity contribution in [2.24, 2.45) is 4.99 Å². The number of nitrogens with one attached hydrogen (secondary N) is 2. The summed E-state index contributed by atoms with van der Waals surface area (Å²) in [6.45, 7) is 1.30. The Kier molecular flexibility index (Phi) is 9.04. The summed E-state index contributed by atoms with van der Waals surface area (Å²) in [5.41, 5.74) is 2.25. The number of benzene rings is 3. The molecule has 0 aliphatic heterocycles. The highest BCUT2D eigenvalue weighted by molar-refractivity contribution is 14.0. The topological polar surface area (TPSA) is 64.1 Å². The molecule has 0 unspecified atom stereocenters. The summed E-state index contributed by atoms with van der Waals surface area (Å²) in [6, 6.07) is 18.3. The molecule has 3 rings (SSSR count). The number of ether oxygens (including phenoxy) is 3. The molecule has 0 amide bonds. The first-order valence-electron chi connectivity index (χ1n) is 9.39. The Hall–Kier alpha value is -2.68. The number of rotatable bonds is 7. The van der Waals surface area contributed by atoms with Gasteiger partial charge in [-0.15, -0.1) is 24.0 Å². The van der Waals surface area contributed by atoms with Crippen molar-refractivity contribution in [2.75, 3.05) is 28.4 Å². The summed E-state index contributed by atoms with van der Waals surface area (Å²) < 4.78 is 15.9. The molecule has 3 aromatic rings. The molecule has 0 radical (unpaired) electrons. The van der Waals surface area contributed by atoms with Gasteiger partial charge in [0.2, 0.25) is 0 Å². The average Bonchev–Trinajstić information content (AvgIpc) is 2.78. The van der Waals surface area contributed by atoms with Crippen molar-refractivity contribution >= 4 is 40.7 Å². The summed E-state index contributed by atoms with van der Waals surface area (Å²) in [6.07, 6.45) is 0. The van der Waals surface area contributed by atoms with Crippen LogP contribution in [0, 0.1) is 0 Å². The fourth-order valence-corrected chi connectivity index (χ4v) is 3.09. The van der Waals surface area contributed by atoms with Crippen LogP contribution in [0.15, 0.2) is 59.6 Å². The van der Waals surface area contributed by atoms with E-state index < -0.39 is 0 Å². The molecule has 30 heavy (non-hydrogen) atoms. The Bertz CT molecular complexity index is 1010. The van der Waals surface area contributed by atoms with Crippen LogP contribution in [0.4, 0.5) is 0 Å².